The first-order chi connectivity index (χ1) is 8.51. The van der Waals surface area contributed by atoms with Crippen LogP contribution in [0.4, 0.5) is 26.3 Å². The molecule has 0 aromatic heterocycles. The number of esters is 2. The molecule has 0 saturated heterocycles. The molecule has 0 amide bonds. The normalized spacial score (nSPS) is 13.9. The molecule has 20 heavy (non-hydrogen) atoms. The Balaban J connectivity index is 5.09. The molecule has 0 N–H and O–H groups in total. The maximum absolute atomic E-state index is 12.1. The van der Waals surface area contributed by atoms with Crippen LogP contribution in [0, 0.1) is 0 Å². The third-order valence-electron chi connectivity index (χ3n) is 2.61. The predicted molar refractivity (Wildman–Crippen MR) is 52.5 cm³/mol. The highest BCUT2D eigenvalue weighted by Gasteiger charge is 2.53. The summed E-state index contributed by atoms with van der Waals surface area (Å²) >= 11 is 0. The molecule has 0 unspecified atom stereocenters. The van der Waals surface area contributed by atoms with Crippen molar-refractivity contribution in [1.82, 2.24) is 0 Å². The minimum Gasteiger partial charge on any atom is -0.449 e. The lowest BCUT2D eigenvalue weighted by molar-refractivity contribution is -0.244. The van der Waals surface area contributed by atoms with E-state index in [9.17, 15) is 35.9 Å². The minimum atomic E-state index is -5.32. The topological polar surface area (TPSA) is 52.6 Å². The van der Waals surface area contributed by atoms with Crippen molar-refractivity contribution in [3.05, 3.63) is 0 Å². The van der Waals surface area contributed by atoms with Gasteiger partial charge in [0.15, 0.2) is 0 Å². The highest BCUT2D eigenvalue weighted by molar-refractivity contribution is 5.77. The Labute approximate surface area is 110 Å². The molecule has 0 atom stereocenters. The highest BCUT2D eigenvalue weighted by Crippen LogP contribution is 2.33. The standard InChI is InChI=1S/C10H12F6O4/c1-7(2,19-5(17)9(11,12)13)8(3,4)20-6(18)10(14,15)16/h1-4H3. The van der Waals surface area contributed by atoms with Crippen molar-refractivity contribution in [2.24, 2.45) is 0 Å². The van der Waals surface area contributed by atoms with Gasteiger partial charge in [0.2, 0.25) is 0 Å². The van der Waals surface area contributed by atoms with Crippen LogP contribution in [0.3, 0.4) is 0 Å². The van der Waals surface area contributed by atoms with Gasteiger partial charge in [0.1, 0.15) is 11.2 Å². The van der Waals surface area contributed by atoms with Crippen LogP contribution in [0.2, 0.25) is 0 Å². The van der Waals surface area contributed by atoms with Crippen molar-refractivity contribution in [3.63, 3.8) is 0 Å². The largest absolute Gasteiger partial charge is 0.490 e. The summed E-state index contributed by atoms with van der Waals surface area (Å²) in [6, 6.07) is 0. The maximum Gasteiger partial charge on any atom is 0.490 e. The zero-order valence-electron chi connectivity index (χ0n) is 10.9. The predicted octanol–water partition coefficient (Wildman–Crippen LogP) is 2.75. The van der Waals surface area contributed by atoms with Crippen LogP contribution in [0.5, 0.6) is 0 Å². The second-order valence-electron chi connectivity index (χ2n) is 4.80. The van der Waals surface area contributed by atoms with Crippen molar-refractivity contribution in [3.8, 4) is 0 Å². The number of halogens is 6. The summed E-state index contributed by atoms with van der Waals surface area (Å²) in [5.41, 5.74) is -4.28. The summed E-state index contributed by atoms with van der Waals surface area (Å²) < 4.78 is 80.5. The van der Waals surface area contributed by atoms with Crippen molar-refractivity contribution >= 4 is 11.9 Å². The van der Waals surface area contributed by atoms with Crippen LogP contribution in [0.1, 0.15) is 27.7 Å². The van der Waals surface area contributed by atoms with E-state index >= 15 is 0 Å². The maximum atomic E-state index is 12.1. The van der Waals surface area contributed by atoms with Gasteiger partial charge in [-0.15, -0.1) is 0 Å². The SMILES string of the molecule is CC(C)(OC(=O)C(F)(F)F)C(C)(C)OC(=O)C(F)(F)F. The molecule has 0 aliphatic rings. The Bertz CT molecular complexity index is 356. The van der Waals surface area contributed by atoms with Gasteiger partial charge in [-0.3, -0.25) is 0 Å². The Hall–Kier alpha value is -1.48. The smallest absolute Gasteiger partial charge is 0.449 e. The summed E-state index contributed by atoms with van der Waals surface area (Å²) in [5.74, 6) is -5.20. The first kappa shape index (κ1) is 18.5. The quantitative estimate of drug-likeness (QED) is 0.594. The molecule has 0 aliphatic carbocycles. The lowest BCUT2D eigenvalue weighted by Crippen LogP contribution is -2.54. The monoisotopic (exact) mass is 310 g/mol. The van der Waals surface area contributed by atoms with E-state index < -0.39 is 35.5 Å². The number of alkyl halides is 6. The van der Waals surface area contributed by atoms with Crippen molar-refractivity contribution in [1.29, 1.82) is 0 Å². The molecular formula is C10H12F6O4. The van der Waals surface area contributed by atoms with Gasteiger partial charge in [0.05, 0.1) is 0 Å². The molecule has 0 radical (unpaired) electrons. The molecule has 0 aromatic rings. The Morgan fingerprint density at radius 2 is 0.850 bits per heavy atom. The van der Waals surface area contributed by atoms with Gasteiger partial charge in [-0.1, -0.05) is 0 Å². The second kappa shape index (κ2) is 5.13. The third-order valence-corrected chi connectivity index (χ3v) is 2.61. The van der Waals surface area contributed by atoms with Crippen LogP contribution >= 0.6 is 0 Å². The summed E-state index contributed by atoms with van der Waals surface area (Å²) in [5, 5.41) is 0. The highest BCUT2D eigenvalue weighted by atomic mass is 19.4. The van der Waals surface area contributed by atoms with Crippen LogP contribution in [0.15, 0.2) is 0 Å². The van der Waals surface area contributed by atoms with Crippen molar-refractivity contribution in [2.45, 2.75) is 51.2 Å². The fraction of sp³-hybridized carbons (Fsp3) is 0.800. The van der Waals surface area contributed by atoms with E-state index in [-0.39, 0.29) is 0 Å². The van der Waals surface area contributed by atoms with Crippen LogP contribution in [-0.4, -0.2) is 35.5 Å². The molecule has 10 heteroatoms. The molecule has 4 nitrogen and oxygen atoms in total. The van der Waals surface area contributed by atoms with E-state index in [0.29, 0.717) is 0 Å². The summed E-state index contributed by atoms with van der Waals surface area (Å²) in [6.45, 7) is 3.56. The van der Waals surface area contributed by atoms with Gasteiger partial charge in [0, 0.05) is 0 Å². The number of hydrogen-bond donors (Lipinski definition) is 0. The van der Waals surface area contributed by atoms with Crippen LogP contribution in [-0.2, 0) is 19.1 Å². The number of rotatable bonds is 3. The number of ether oxygens (including phenoxy) is 2. The summed E-state index contributed by atoms with van der Waals surface area (Å²) in [7, 11) is 0. The van der Waals surface area contributed by atoms with Gasteiger partial charge in [-0.2, -0.15) is 26.3 Å². The number of hydrogen-bond acceptors (Lipinski definition) is 4. The molecule has 0 fully saturated rings. The lowest BCUT2D eigenvalue weighted by atomic mass is 9.89. The number of carbonyl (C=O) groups is 2. The Morgan fingerprint density at radius 3 is 1.00 bits per heavy atom. The molecule has 0 aromatic carbocycles. The zero-order valence-corrected chi connectivity index (χ0v) is 10.9. The van der Waals surface area contributed by atoms with Crippen LogP contribution < -0.4 is 0 Å². The van der Waals surface area contributed by atoms with Gasteiger partial charge >= 0.3 is 24.3 Å². The zero-order chi connectivity index (χ0) is 16.6. The van der Waals surface area contributed by atoms with E-state index in [0.717, 1.165) is 27.7 Å². The van der Waals surface area contributed by atoms with E-state index in [1.165, 1.54) is 0 Å². The first-order valence-corrected chi connectivity index (χ1v) is 5.11. The molecule has 0 saturated carbocycles. The summed E-state index contributed by atoms with van der Waals surface area (Å²) in [4.78, 5) is 21.4. The van der Waals surface area contributed by atoms with Gasteiger partial charge in [-0.05, 0) is 27.7 Å². The lowest BCUT2D eigenvalue weighted by Gasteiger charge is -2.39. The summed E-state index contributed by atoms with van der Waals surface area (Å²) in [6.07, 6.45) is -10.6. The van der Waals surface area contributed by atoms with Crippen LogP contribution in [0.25, 0.3) is 0 Å². The molecule has 0 rings (SSSR count). The molecule has 118 valence electrons. The van der Waals surface area contributed by atoms with Crippen molar-refractivity contribution < 1.29 is 45.4 Å². The molecule has 0 spiro atoms. The van der Waals surface area contributed by atoms with E-state index in [1.54, 1.807) is 0 Å². The number of carbonyl (C=O) groups excluding carboxylic acids is 2. The molecular weight excluding hydrogens is 298 g/mol. The molecule has 0 heterocycles. The minimum absolute atomic E-state index is 0.889. The second-order valence-corrected chi connectivity index (χ2v) is 4.80. The Kier molecular flexibility index (Phi) is 4.75. The third kappa shape index (κ3) is 4.57. The van der Waals surface area contributed by atoms with Crippen molar-refractivity contribution in [2.75, 3.05) is 0 Å². The van der Waals surface area contributed by atoms with E-state index in [1.807, 2.05) is 0 Å². The molecule has 0 aliphatic heterocycles. The van der Waals surface area contributed by atoms with Gasteiger partial charge in [-0.25, -0.2) is 9.59 Å². The Morgan fingerprint density at radius 1 is 0.650 bits per heavy atom. The fourth-order valence-corrected chi connectivity index (χ4v) is 0.825. The van der Waals surface area contributed by atoms with Gasteiger partial charge in [0.25, 0.3) is 0 Å². The average Bonchev–Trinajstić information content (AvgIpc) is 2.12. The first-order valence-electron chi connectivity index (χ1n) is 5.11. The molecule has 0 bridgehead atoms. The fourth-order valence-electron chi connectivity index (χ4n) is 0.825. The average molecular weight is 310 g/mol. The van der Waals surface area contributed by atoms with E-state index in [4.69, 9.17) is 0 Å². The van der Waals surface area contributed by atoms with Gasteiger partial charge < -0.3 is 9.47 Å². The van der Waals surface area contributed by atoms with E-state index in [2.05, 4.69) is 9.47 Å².